The zero-order valence-electron chi connectivity index (χ0n) is 14.1. The van der Waals surface area contributed by atoms with Crippen LogP contribution < -0.4 is 4.90 Å². The maximum Gasteiger partial charge on any atom is 0.254 e. The molecule has 0 aliphatic heterocycles. The maximum absolute atomic E-state index is 4.62. The molecule has 120 valence electrons. The molecule has 2 aromatic heterocycles. The van der Waals surface area contributed by atoms with E-state index < -0.39 is 0 Å². The van der Waals surface area contributed by atoms with E-state index >= 15 is 0 Å². The van der Waals surface area contributed by atoms with Crippen LogP contribution in [0.15, 0.2) is 35.5 Å². The molecule has 6 heteroatoms. The highest BCUT2D eigenvalue weighted by Gasteiger charge is 2.22. The standard InChI is InChI=1S/C17H21N5S/c1-11(13-6-8-14(23-5)9-7-13)15-12(2)20-17-18-10-19-22(17)16(15)21(3)4/h6-11H,1-5H3. The summed E-state index contributed by atoms with van der Waals surface area (Å²) >= 11 is 1.76. The minimum absolute atomic E-state index is 0.226. The molecule has 0 N–H and O–H groups in total. The smallest absolute Gasteiger partial charge is 0.254 e. The fraction of sp³-hybridized carbons (Fsp3) is 0.353. The molecule has 0 radical (unpaired) electrons. The number of aromatic nitrogens is 4. The Morgan fingerprint density at radius 3 is 2.48 bits per heavy atom. The molecule has 0 amide bonds. The van der Waals surface area contributed by atoms with E-state index in [0.717, 1.165) is 11.5 Å². The summed E-state index contributed by atoms with van der Waals surface area (Å²) in [5.74, 6) is 1.90. The third-order valence-corrected chi connectivity index (χ3v) is 4.84. The van der Waals surface area contributed by atoms with Crippen molar-refractivity contribution in [3.63, 3.8) is 0 Å². The van der Waals surface area contributed by atoms with Gasteiger partial charge in [-0.3, -0.25) is 0 Å². The maximum atomic E-state index is 4.62. The van der Waals surface area contributed by atoms with E-state index in [1.165, 1.54) is 16.0 Å². The molecule has 1 aromatic carbocycles. The van der Waals surface area contributed by atoms with Crippen LogP contribution in [0, 0.1) is 6.92 Å². The fourth-order valence-electron chi connectivity index (χ4n) is 2.94. The van der Waals surface area contributed by atoms with E-state index in [1.807, 2.05) is 25.5 Å². The minimum Gasteiger partial charge on any atom is -0.362 e. The lowest BCUT2D eigenvalue weighted by Crippen LogP contribution is -2.19. The largest absolute Gasteiger partial charge is 0.362 e. The highest BCUT2D eigenvalue weighted by atomic mass is 32.2. The van der Waals surface area contributed by atoms with Crippen LogP contribution in [0.1, 0.15) is 29.7 Å². The number of anilines is 1. The van der Waals surface area contributed by atoms with Gasteiger partial charge in [0.15, 0.2) is 0 Å². The lowest BCUT2D eigenvalue weighted by Gasteiger charge is -2.24. The molecule has 23 heavy (non-hydrogen) atoms. The quantitative estimate of drug-likeness (QED) is 0.688. The van der Waals surface area contributed by atoms with Gasteiger partial charge in [0.25, 0.3) is 5.78 Å². The molecule has 0 aliphatic rings. The number of rotatable bonds is 4. The monoisotopic (exact) mass is 327 g/mol. The first-order chi connectivity index (χ1) is 11.0. The van der Waals surface area contributed by atoms with Gasteiger partial charge in [0.2, 0.25) is 0 Å². The number of fused-ring (bicyclic) bond motifs is 1. The summed E-state index contributed by atoms with van der Waals surface area (Å²) in [5.41, 5.74) is 3.45. The van der Waals surface area contributed by atoms with Gasteiger partial charge < -0.3 is 4.90 Å². The molecule has 5 nitrogen and oxygen atoms in total. The van der Waals surface area contributed by atoms with Gasteiger partial charge in [-0.15, -0.1) is 11.8 Å². The Hall–Kier alpha value is -2.08. The second kappa shape index (κ2) is 6.20. The van der Waals surface area contributed by atoms with Crippen LogP contribution in [0.25, 0.3) is 5.78 Å². The van der Waals surface area contributed by atoms with Crippen LogP contribution >= 0.6 is 11.8 Å². The lowest BCUT2D eigenvalue weighted by molar-refractivity contribution is 0.815. The number of hydrogen-bond donors (Lipinski definition) is 0. The SMILES string of the molecule is CSc1ccc(C(C)c2c(C)nc3ncnn3c2N(C)C)cc1. The third-order valence-electron chi connectivity index (χ3n) is 4.10. The molecule has 0 saturated heterocycles. The molecule has 1 atom stereocenters. The van der Waals surface area contributed by atoms with Crippen molar-refractivity contribution in [2.24, 2.45) is 0 Å². The Labute approximate surface area is 140 Å². The number of thioether (sulfide) groups is 1. The average Bonchev–Trinajstić information content (AvgIpc) is 3.00. The topological polar surface area (TPSA) is 46.3 Å². The Morgan fingerprint density at radius 2 is 1.87 bits per heavy atom. The summed E-state index contributed by atoms with van der Waals surface area (Å²) in [4.78, 5) is 12.2. The number of benzene rings is 1. The van der Waals surface area contributed by atoms with E-state index in [-0.39, 0.29) is 5.92 Å². The van der Waals surface area contributed by atoms with Gasteiger partial charge in [0.05, 0.1) is 0 Å². The van der Waals surface area contributed by atoms with Crippen LogP contribution in [0.3, 0.4) is 0 Å². The summed E-state index contributed by atoms with van der Waals surface area (Å²) in [6, 6.07) is 8.73. The van der Waals surface area contributed by atoms with E-state index in [1.54, 1.807) is 18.1 Å². The van der Waals surface area contributed by atoms with Crippen molar-refractivity contribution < 1.29 is 0 Å². The molecular formula is C17H21N5S. The van der Waals surface area contributed by atoms with Gasteiger partial charge in [-0.25, -0.2) is 4.98 Å². The Bertz CT molecular complexity index is 823. The van der Waals surface area contributed by atoms with Crippen molar-refractivity contribution in [2.75, 3.05) is 25.3 Å². The zero-order chi connectivity index (χ0) is 16.6. The summed E-state index contributed by atoms with van der Waals surface area (Å²) in [6.45, 7) is 4.26. The zero-order valence-corrected chi connectivity index (χ0v) is 14.9. The van der Waals surface area contributed by atoms with Crippen molar-refractivity contribution in [3.8, 4) is 0 Å². The lowest BCUT2D eigenvalue weighted by atomic mass is 9.92. The highest BCUT2D eigenvalue weighted by molar-refractivity contribution is 7.98. The van der Waals surface area contributed by atoms with E-state index in [0.29, 0.717) is 5.78 Å². The molecule has 0 bridgehead atoms. The summed E-state index contributed by atoms with van der Waals surface area (Å²) in [7, 11) is 4.06. The van der Waals surface area contributed by atoms with E-state index in [4.69, 9.17) is 0 Å². The average molecular weight is 327 g/mol. The predicted octanol–water partition coefficient (Wildman–Crippen LogP) is 3.37. The molecule has 0 aliphatic carbocycles. The van der Waals surface area contributed by atoms with Gasteiger partial charge in [0, 0.05) is 36.2 Å². The predicted molar refractivity (Wildman–Crippen MR) is 95.6 cm³/mol. The molecule has 0 saturated carbocycles. The van der Waals surface area contributed by atoms with Gasteiger partial charge in [0.1, 0.15) is 12.1 Å². The van der Waals surface area contributed by atoms with Crippen LogP contribution in [0.4, 0.5) is 5.82 Å². The first-order valence-electron chi connectivity index (χ1n) is 7.54. The van der Waals surface area contributed by atoms with E-state index in [9.17, 15) is 0 Å². The van der Waals surface area contributed by atoms with Crippen molar-refractivity contribution in [1.29, 1.82) is 0 Å². The van der Waals surface area contributed by atoms with Crippen molar-refractivity contribution in [3.05, 3.63) is 47.4 Å². The first kappa shape index (κ1) is 15.8. The third kappa shape index (κ3) is 2.79. The van der Waals surface area contributed by atoms with Crippen molar-refractivity contribution >= 4 is 23.4 Å². The Morgan fingerprint density at radius 1 is 1.17 bits per heavy atom. The molecule has 3 rings (SSSR count). The summed E-state index contributed by atoms with van der Waals surface area (Å²) < 4.78 is 1.81. The van der Waals surface area contributed by atoms with Crippen LogP contribution in [0.5, 0.6) is 0 Å². The molecule has 0 spiro atoms. The number of hydrogen-bond acceptors (Lipinski definition) is 5. The minimum atomic E-state index is 0.226. The molecule has 0 fully saturated rings. The van der Waals surface area contributed by atoms with Crippen LogP contribution in [0.2, 0.25) is 0 Å². The normalized spacial score (nSPS) is 12.6. The molecule has 3 aromatic rings. The second-order valence-electron chi connectivity index (χ2n) is 5.80. The first-order valence-corrected chi connectivity index (χ1v) is 8.77. The van der Waals surface area contributed by atoms with E-state index in [2.05, 4.69) is 57.4 Å². The molecule has 2 heterocycles. The molecular weight excluding hydrogens is 306 g/mol. The number of aryl methyl sites for hydroxylation is 1. The van der Waals surface area contributed by atoms with Crippen molar-refractivity contribution in [1.82, 2.24) is 19.6 Å². The number of nitrogens with zero attached hydrogens (tertiary/aromatic N) is 5. The Kier molecular flexibility index (Phi) is 4.26. The van der Waals surface area contributed by atoms with Gasteiger partial charge >= 0.3 is 0 Å². The van der Waals surface area contributed by atoms with Gasteiger partial charge in [-0.1, -0.05) is 19.1 Å². The summed E-state index contributed by atoms with van der Waals surface area (Å²) in [5, 5.41) is 4.34. The second-order valence-corrected chi connectivity index (χ2v) is 6.68. The van der Waals surface area contributed by atoms with Crippen molar-refractivity contribution in [2.45, 2.75) is 24.7 Å². The molecule has 1 unspecified atom stereocenters. The highest BCUT2D eigenvalue weighted by Crippen LogP contribution is 2.34. The van der Waals surface area contributed by atoms with Gasteiger partial charge in [-0.05, 0) is 30.9 Å². The fourth-order valence-corrected chi connectivity index (χ4v) is 3.35. The van der Waals surface area contributed by atoms with Gasteiger partial charge in [-0.2, -0.15) is 14.6 Å². The van der Waals surface area contributed by atoms with Crippen LogP contribution in [-0.2, 0) is 0 Å². The van der Waals surface area contributed by atoms with Crippen LogP contribution in [-0.4, -0.2) is 39.9 Å². The Balaban J connectivity index is 2.16. The summed E-state index contributed by atoms with van der Waals surface area (Å²) in [6.07, 6.45) is 3.64.